The van der Waals surface area contributed by atoms with E-state index in [1.54, 1.807) is 19.1 Å². The van der Waals surface area contributed by atoms with Crippen LogP contribution in [0.4, 0.5) is 0 Å². The number of nitrogens with one attached hydrogen (secondary N) is 1. The van der Waals surface area contributed by atoms with Crippen LogP contribution in [0, 0.1) is 17.2 Å². The molecule has 5 nitrogen and oxygen atoms in total. The van der Waals surface area contributed by atoms with Crippen molar-refractivity contribution in [2.45, 2.75) is 25.0 Å². The van der Waals surface area contributed by atoms with E-state index in [-0.39, 0.29) is 5.92 Å². The number of ether oxygens (including phenoxy) is 1. The molecule has 0 amide bonds. The summed E-state index contributed by atoms with van der Waals surface area (Å²) in [6.45, 7) is 3.13. The number of sulfonamides is 1. The lowest BCUT2D eigenvalue weighted by molar-refractivity contribution is 0.0570. The Kier molecular flexibility index (Phi) is 5.34. The Morgan fingerprint density at radius 2 is 2.10 bits per heavy atom. The SMILES string of the molecule is CCNS(=O)(=O)[C@H]1CCOC[C@@H]1Cc1ccc(C#N)cc1. The molecule has 0 spiro atoms. The van der Waals surface area contributed by atoms with Crippen LogP contribution in [0.3, 0.4) is 0 Å². The maximum atomic E-state index is 12.3. The highest BCUT2D eigenvalue weighted by atomic mass is 32.2. The zero-order valence-corrected chi connectivity index (χ0v) is 12.9. The molecule has 1 aromatic carbocycles. The van der Waals surface area contributed by atoms with Crippen LogP contribution >= 0.6 is 0 Å². The first-order valence-electron chi connectivity index (χ1n) is 7.12. The van der Waals surface area contributed by atoms with Gasteiger partial charge in [0.25, 0.3) is 0 Å². The number of hydrogen-bond donors (Lipinski definition) is 1. The molecule has 0 radical (unpaired) electrons. The summed E-state index contributed by atoms with van der Waals surface area (Å²) in [5.41, 5.74) is 1.64. The van der Waals surface area contributed by atoms with Gasteiger partial charge in [-0.3, -0.25) is 0 Å². The van der Waals surface area contributed by atoms with E-state index in [1.165, 1.54) is 0 Å². The van der Waals surface area contributed by atoms with Gasteiger partial charge in [-0.05, 0) is 30.5 Å². The number of benzene rings is 1. The molecule has 1 aliphatic rings. The van der Waals surface area contributed by atoms with Crippen molar-refractivity contribution in [2.24, 2.45) is 5.92 Å². The van der Waals surface area contributed by atoms with Crippen LogP contribution in [0.5, 0.6) is 0 Å². The van der Waals surface area contributed by atoms with Crippen LogP contribution in [-0.2, 0) is 21.2 Å². The minimum Gasteiger partial charge on any atom is -0.381 e. The molecule has 2 rings (SSSR count). The molecule has 1 N–H and O–H groups in total. The first-order valence-corrected chi connectivity index (χ1v) is 8.66. The molecule has 114 valence electrons. The minimum atomic E-state index is -3.30. The molecule has 0 unspecified atom stereocenters. The van der Waals surface area contributed by atoms with E-state index in [2.05, 4.69) is 10.8 Å². The monoisotopic (exact) mass is 308 g/mol. The summed E-state index contributed by atoms with van der Waals surface area (Å²) in [5, 5.41) is 8.39. The van der Waals surface area contributed by atoms with E-state index >= 15 is 0 Å². The van der Waals surface area contributed by atoms with E-state index in [1.807, 2.05) is 12.1 Å². The highest BCUT2D eigenvalue weighted by Crippen LogP contribution is 2.25. The van der Waals surface area contributed by atoms with Gasteiger partial charge in [0.2, 0.25) is 10.0 Å². The molecular formula is C15H20N2O3S. The summed E-state index contributed by atoms with van der Waals surface area (Å²) in [6, 6.07) is 9.35. The predicted molar refractivity (Wildman–Crippen MR) is 80.2 cm³/mol. The molecule has 0 saturated carbocycles. The largest absolute Gasteiger partial charge is 0.381 e. The van der Waals surface area contributed by atoms with Gasteiger partial charge in [0.15, 0.2) is 0 Å². The molecule has 2 atom stereocenters. The van der Waals surface area contributed by atoms with Crippen molar-refractivity contribution in [1.29, 1.82) is 5.26 Å². The second-order valence-corrected chi connectivity index (χ2v) is 7.20. The topological polar surface area (TPSA) is 79.2 Å². The molecule has 0 bridgehead atoms. The van der Waals surface area contributed by atoms with Crippen molar-refractivity contribution >= 4 is 10.0 Å². The highest BCUT2D eigenvalue weighted by Gasteiger charge is 2.35. The molecule has 1 heterocycles. The van der Waals surface area contributed by atoms with Gasteiger partial charge >= 0.3 is 0 Å². The first-order chi connectivity index (χ1) is 10.1. The van der Waals surface area contributed by atoms with Crippen LogP contribution in [0.2, 0.25) is 0 Å². The Labute approximate surface area is 126 Å². The van der Waals surface area contributed by atoms with Gasteiger partial charge in [-0.2, -0.15) is 5.26 Å². The average Bonchev–Trinajstić information content (AvgIpc) is 2.48. The lowest BCUT2D eigenvalue weighted by atomic mass is 9.93. The van der Waals surface area contributed by atoms with Gasteiger partial charge < -0.3 is 4.74 Å². The zero-order valence-electron chi connectivity index (χ0n) is 12.1. The molecule has 1 saturated heterocycles. The van der Waals surface area contributed by atoms with Crippen molar-refractivity contribution in [3.05, 3.63) is 35.4 Å². The van der Waals surface area contributed by atoms with Crippen LogP contribution in [0.1, 0.15) is 24.5 Å². The Morgan fingerprint density at radius 1 is 1.38 bits per heavy atom. The molecule has 0 aliphatic carbocycles. The summed E-state index contributed by atoms with van der Waals surface area (Å²) in [7, 11) is -3.30. The normalized spacial score (nSPS) is 22.7. The quantitative estimate of drug-likeness (QED) is 0.893. The number of hydrogen-bond acceptors (Lipinski definition) is 4. The molecule has 1 aromatic rings. The maximum Gasteiger partial charge on any atom is 0.214 e. The Bertz CT molecular complexity index is 605. The Balaban J connectivity index is 2.13. The second-order valence-electron chi connectivity index (χ2n) is 5.22. The fourth-order valence-corrected chi connectivity index (χ4v) is 4.41. The predicted octanol–water partition coefficient (Wildman–Crippen LogP) is 1.45. The number of rotatable bonds is 5. The third-order valence-electron chi connectivity index (χ3n) is 3.73. The number of nitriles is 1. The fourth-order valence-electron chi connectivity index (χ4n) is 2.70. The first kappa shape index (κ1) is 16.0. The average molecular weight is 308 g/mol. The number of nitrogens with zero attached hydrogens (tertiary/aromatic N) is 1. The van der Waals surface area contributed by atoms with Gasteiger partial charge in [-0.15, -0.1) is 0 Å². The van der Waals surface area contributed by atoms with Crippen molar-refractivity contribution in [2.75, 3.05) is 19.8 Å². The zero-order chi connectivity index (χ0) is 15.3. The van der Waals surface area contributed by atoms with Crippen molar-refractivity contribution < 1.29 is 13.2 Å². The van der Waals surface area contributed by atoms with E-state index in [0.717, 1.165) is 5.56 Å². The van der Waals surface area contributed by atoms with Gasteiger partial charge in [0.1, 0.15) is 0 Å². The standard InChI is InChI=1S/C15H20N2O3S/c1-2-17-21(18,19)15-7-8-20-11-14(15)9-12-3-5-13(10-16)6-4-12/h3-6,14-15,17H,2,7-9,11H2,1H3/t14-,15-/m0/s1. The van der Waals surface area contributed by atoms with E-state index in [4.69, 9.17) is 10.00 Å². The van der Waals surface area contributed by atoms with E-state index in [9.17, 15) is 8.42 Å². The maximum absolute atomic E-state index is 12.3. The third kappa shape index (κ3) is 4.03. The van der Waals surface area contributed by atoms with E-state index < -0.39 is 15.3 Å². The van der Waals surface area contributed by atoms with Gasteiger partial charge in [-0.25, -0.2) is 13.1 Å². The van der Waals surface area contributed by atoms with Crippen LogP contribution < -0.4 is 4.72 Å². The lowest BCUT2D eigenvalue weighted by Gasteiger charge is -2.31. The smallest absolute Gasteiger partial charge is 0.214 e. The van der Waals surface area contributed by atoms with Gasteiger partial charge in [-0.1, -0.05) is 19.1 Å². The molecular weight excluding hydrogens is 288 g/mol. The summed E-state index contributed by atoms with van der Waals surface area (Å²) >= 11 is 0. The van der Waals surface area contributed by atoms with Gasteiger partial charge in [0.05, 0.1) is 23.5 Å². The van der Waals surface area contributed by atoms with Crippen molar-refractivity contribution in [1.82, 2.24) is 4.72 Å². The highest BCUT2D eigenvalue weighted by molar-refractivity contribution is 7.90. The molecule has 21 heavy (non-hydrogen) atoms. The van der Waals surface area contributed by atoms with Crippen LogP contribution in [0.25, 0.3) is 0 Å². The summed E-state index contributed by atoms with van der Waals surface area (Å²) in [6.07, 6.45) is 1.16. The van der Waals surface area contributed by atoms with Crippen molar-refractivity contribution in [3.8, 4) is 6.07 Å². The van der Waals surface area contributed by atoms with Crippen LogP contribution in [-0.4, -0.2) is 33.4 Å². The van der Waals surface area contributed by atoms with Crippen LogP contribution in [0.15, 0.2) is 24.3 Å². The fraction of sp³-hybridized carbons (Fsp3) is 0.533. The van der Waals surface area contributed by atoms with Crippen molar-refractivity contribution in [3.63, 3.8) is 0 Å². The van der Waals surface area contributed by atoms with Gasteiger partial charge in [0, 0.05) is 19.1 Å². The van der Waals surface area contributed by atoms with E-state index in [0.29, 0.717) is 38.2 Å². The summed E-state index contributed by atoms with van der Waals surface area (Å²) < 4.78 is 32.6. The molecule has 1 fully saturated rings. The Morgan fingerprint density at radius 3 is 2.71 bits per heavy atom. The Hall–Kier alpha value is -1.42. The summed E-state index contributed by atoms with van der Waals surface area (Å²) in [4.78, 5) is 0. The second kappa shape index (κ2) is 7.03. The minimum absolute atomic E-state index is 0.0595. The summed E-state index contributed by atoms with van der Waals surface area (Å²) in [5.74, 6) is -0.0595. The molecule has 6 heteroatoms. The lowest BCUT2D eigenvalue weighted by Crippen LogP contribution is -2.44. The third-order valence-corrected chi connectivity index (χ3v) is 5.84. The molecule has 0 aromatic heterocycles. The molecule has 1 aliphatic heterocycles.